The lowest BCUT2D eigenvalue weighted by atomic mass is 10.1. The Bertz CT molecular complexity index is 452. The average molecular weight is 267 g/mol. The number of carboxylic acid groups (broad SMARTS) is 1. The predicted octanol–water partition coefficient (Wildman–Crippen LogP) is 1.89. The van der Waals surface area contributed by atoms with Gasteiger partial charge in [-0.2, -0.15) is 0 Å². The maximum absolute atomic E-state index is 13.5. The molecule has 2 rings (SSSR count). The molecule has 104 valence electrons. The monoisotopic (exact) mass is 267 g/mol. The molecular formula is C14H18FNO3. The van der Waals surface area contributed by atoms with Crippen molar-refractivity contribution in [3.05, 3.63) is 35.6 Å². The smallest absolute Gasteiger partial charge is 0.332 e. The van der Waals surface area contributed by atoms with Crippen LogP contribution in [-0.4, -0.2) is 41.8 Å². The van der Waals surface area contributed by atoms with Crippen LogP contribution in [0.3, 0.4) is 0 Å². The molecule has 0 bridgehead atoms. The van der Waals surface area contributed by atoms with Crippen LogP contribution in [0.5, 0.6) is 0 Å². The van der Waals surface area contributed by atoms with E-state index in [-0.39, 0.29) is 11.9 Å². The maximum Gasteiger partial charge on any atom is 0.332 e. The van der Waals surface area contributed by atoms with Crippen molar-refractivity contribution in [1.82, 2.24) is 4.90 Å². The topological polar surface area (TPSA) is 49.8 Å². The van der Waals surface area contributed by atoms with E-state index in [1.807, 2.05) is 11.9 Å². The van der Waals surface area contributed by atoms with Crippen molar-refractivity contribution in [2.24, 2.45) is 0 Å². The molecule has 4 nitrogen and oxygen atoms in total. The Hall–Kier alpha value is -1.46. The van der Waals surface area contributed by atoms with Crippen LogP contribution in [0.1, 0.15) is 18.4 Å². The minimum absolute atomic E-state index is 0.0853. The Morgan fingerprint density at radius 1 is 1.47 bits per heavy atom. The first kappa shape index (κ1) is 14.0. The van der Waals surface area contributed by atoms with Gasteiger partial charge >= 0.3 is 5.97 Å². The van der Waals surface area contributed by atoms with E-state index in [0.29, 0.717) is 25.1 Å². The first-order chi connectivity index (χ1) is 9.06. The van der Waals surface area contributed by atoms with E-state index in [2.05, 4.69) is 0 Å². The van der Waals surface area contributed by atoms with E-state index in [0.717, 1.165) is 6.42 Å². The highest BCUT2D eigenvalue weighted by molar-refractivity contribution is 5.72. The number of hydrogen-bond donors (Lipinski definition) is 1. The van der Waals surface area contributed by atoms with Gasteiger partial charge in [0.2, 0.25) is 0 Å². The minimum atomic E-state index is -0.903. The quantitative estimate of drug-likeness (QED) is 0.885. The van der Waals surface area contributed by atoms with Crippen molar-refractivity contribution in [1.29, 1.82) is 0 Å². The lowest BCUT2D eigenvalue weighted by Crippen LogP contribution is -2.30. The van der Waals surface area contributed by atoms with Crippen LogP contribution in [0, 0.1) is 5.82 Å². The Kier molecular flexibility index (Phi) is 4.50. The second kappa shape index (κ2) is 6.12. The lowest BCUT2D eigenvalue weighted by molar-refractivity contribution is -0.149. The molecule has 1 aliphatic rings. The van der Waals surface area contributed by atoms with Crippen LogP contribution in [0.4, 0.5) is 4.39 Å². The lowest BCUT2D eigenvalue weighted by Gasteiger charge is -2.21. The third kappa shape index (κ3) is 3.75. The summed E-state index contributed by atoms with van der Waals surface area (Å²) in [4.78, 5) is 12.7. The third-order valence-electron chi connectivity index (χ3n) is 3.30. The molecule has 1 aromatic rings. The van der Waals surface area contributed by atoms with E-state index < -0.39 is 12.1 Å². The summed E-state index contributed by atoms with van der Waals surface area (Å²) < 4.78 is 18.9. The van der Waals surface area contributed by atoms with Gasteiger partial charge in [0.05, 0.1) is 6.10 Å². The molecule has 0 saturated carbocycles. The average Bonchev–Trinajstić information content (AvgIpc) is 2.80. The number of benzene rings is 1. The minimum Gasteiger partial charge on any atom is -0.479 e. The Morgan fingerprint density at radius 3 is 2.84 bits per heavy atom. The molecule has 0 radical (unpaired) electrons. The van der Waals surface area contributed by atoms with Crippen molar-refractivity contribution in [2.75, 3.05) is 13.6 Å². The highest BCUT2D eigenvalue weighted by Gasteiger charge is 2.30. The fraction of sp³-hybridized carbons (Fsp3) is 0.500. The van der Waals surface area contributed by atoms with Gasteiger partial charge in [-0.05, 0) is 26.0 Å². The van der Waals surface area contributed by atoms with Gasteiger partial charge in [0.15, 0.2) is 6.10 Å². The summed E-state index contributed by atoms with van der Waals surface area (Å²) >= 11 is 0. The summed E-state index contributed by atoms with van der Waals surface area (Å²) in [6, 6.07) is 6.66. The van der Waals surface area contributed by atoms with Crippen molar-refractivity contribution < 1.29 is 19.0 Å². The first-order valence-corrected chi connectivity index (χ1v) is 6.36. The molecule has 0 amide bonds. The summed E-state index contributed by atoms with van der Waals surface area (Å²) in [7, 11) is 1.88. The molecular weight excluding hydrogens is 249 g/mol. The molecule has 0 spiro atoms. The molecule has 1 aliphatic heterocycles. The van der Waals surface area contributed by atoms with Gasteiger partial charge < -0.3 is 9.84 Å². The van der Waals surface area contributed by atoms with Gasteiger partial charge in [-0.25, -0.2) is 9.18 Å². The molecule has 0 aromatic heterocycles. The zero-order valence-corrected chi connectivity index (χ0v) is 10.9. The second-order valence-corrected chi connectivity index (χ2v) is 4.95. The van der Waals surface area contributed by atoms with Crippen LogP contribution in [0.15, 0.2) is 24.3 Å². The SMILES string of the molecule is CN(Cc1ccccc1F)CC1CCC(C(=O)O)O1. The largest absolute Gasteiger partial charge is 0.479 e. The number of carbonyl (C=O) groups is 1. The predicted molar refractivity (Wildman–Crippen MR) is 68.3 cm³/mol. The van der Waals surface area contributed by atoms with Gasteiger partial charge in [0.1, 0.15) is 5.82 Å². The van der Waals surface area contributed by atoms with Gasteiger partial charge in [0.25, 0.3) is 0 Å². The number of rotatable bonds is 5. The summed E-state index contributed by atoms with van der Waals surface area (Å²) in [5.74, 6) is -1.12. The normalized spacial score (nSPS) is 22.9. The summed E-state index contributed by atoms with van der Waals surface area (Å²) in [5, 5.41) is 8.85. The van der Waals surface area contributed by atoms with Gasteiger partial charge in [-0.3, -0.25) is 4.90 Å². The highest BCUT2D eigenvalue weighted by atomic mass is 19.1. The van der Waals surface area contributed by atoms with Crippen LogP contribution < -0.4 is 0 Å². The molecule has 1 heterocycles. The fourth-order valence-corrected chi connectivity index (χ4v) is 2.35. The molecule has 2 unspecified atom stereocenters. The first-order valence-electron chi connectivity index (χ1n) is 6.36. The highest BCUT2D eigenvalue weighted by Crippen LogP contribution is 2.21. The molecule has 1 aromatic carbocycles. The van der Waals surface area contributed by atoms with Gasteiger partial charge in [-0.1, -0.05) is 18.2 Å². The molecule has 1 N–H and O–H groups in total. The fourth-order valence-electron chi connectivity index (χ4n) is 2.35. The molecule has 5 heteroatoms. The zero-order valence-electron chi connectivity index (χ0n) is 10.9. The van der Waals surface area contributed by atoms with E-state index in [1.54, 1.807) is 18.2 Å². The maximum atomic E-state index is 13.5. The van der Waals surface area contributed by atoms with Crippen LogP contribution in [-0.2, 0) is 16.1 Å². The van der Waals surface area contributed by atoms with E-state index in [4.69, 9.17) is 9.84 Å². The third-order valence-corrected chi connectivity index (χ3v) is 3.30. The second-order valence-electron chi connectivity index (χ2n) is 4.95. The number of aliphatic carboxylic acids is 1. The number of hydrogen-bond acceptors (Lipinski definition) is 3. The molecule has 19 heavy (non-hydrogen) atoms. The van der Waals surface area contributed by atoms with Gasteiger partial charge in [0, 0.05) is 18.7 Å². The van der Waals surface area contributed by atoms with Gasteiger partial charge in [-0.15, -0.1) is 0 Å². The number of nitrogens with zero attached hydrogens (tertiary/aromatic N) is 1. The van der Waals surface area contributed by atoms with Crippen LogP contribution in [0.2, 0.25) is 0 Å². The van der Waals surface area contributed by atoms with E-state index >= 15 is 0 Å². The standard InChI is InChI=1S/C14H18FNO3/c1-16(8-10-4-2-3-5-12(10)15)9-11-6-7-13(19-11)14(17)18/h2-5,11,13H,6-9H2,1H3,(H,17,18). The molecule has 2 atom stereocenters. The summed E-state index contributed by atoms with van der Waals surface area (Å²) in [5.41, 5.74) is 0.637. The van der Waals surface area contributed by atoms with Crippen LogP contribution in [0.25, 0.3) is 0 Å². The molecule has 0 aliphatic carbocycles. The Labute approximate surface area is 111 Å². The molecule has 1 saturated heterocycles. The number of likely N-dealkylation sites (N-methyl/N-ethyl adjacent to an activating group) is 1. The summed E-state index contributed by atoms with van der Waals surface area (Å²) in [6.45, 7) is 1.10. The van der Waals surface area contributed by atoms with Crippen molar-refractivity contribution >= 4 is 5.97 Å². The van der Waals surface area contributed by atoms with Crippen molar-refractivity contribution in [3.8, 4) is 0 Å². The number of carboxylic acids is 1. The molecule has 1 fully saturated rings. The Balaban J connectivity index is 1.84. The van der Waals surface area contributed by atoms with E-state index in [9.17, 15) is 9.18 Å². The number of halogens is 1. The zero-order chi connectivity index (χ0) is 13.8. The van der Waals surface area contributed by atoms with Crippen molar-refractivity contribution in [3.63, 3.8) is 0 Å². The number of ether oxygens (including phenoxy) is 1. The summed E-state index contributed by atoms with van der Waals surface area (Å²) in [6.07, 6.45) is 0.510. The van der Waals surface area contributed by atoms with E-state index in [1.165, 1.54) is 6.07 Å². The van der Waals surface area contributed by atoms with Crippen LogP contribution >= 0.6 is 0 Å². The van der Waals surface area contributed by atoms with Crippen molar-refractivity contribution in [2.45, 2.75) is 31.6 Å². The Morgan fingerprint density at radius 2 is 2.21 bits per heavy atom.